The van der Waals surface area contributed by atoms with Crippen LogP contribution in [-0.2, 0) is 0 Å². The van der Waals surface area contributed by atoms with Gasteiger partial charge in [0.15, 0.2) is 0 Å². The third-order valence-corrected chi connectivity index (χ3v) is 1.76. The fourth-order valence-corrected chi connectivity index (χ4v) is 1.10. The van der Waals surface area contributed by atoms with Crippen LogP contribution in [0, 0.1) is 17.1 Å². The number of halogens is 4. The van der Waals surface area contributed by atoms with E-state index in [2.05, 4.69) is 5.32 Å². The summed E-state index contributed by atoms with van der Waals surface area (Å²) in [5.41, 5.74) is 0.232. The zero-order valence-corrected chi connectivity index (χ0v) is 8.11. The lowest BCUT2D eigenvalue weighted by Gasteiger charge is -2.09. The minimum absolute atomic E-state index is 0.0644. The molecule has 86 valence electrons. The van der Waals surface area contributed by atoms with Crippen LogP contribution in [-0.4, -0.2) is 12.7 Å². The Labute approximate surface area is 89.5 Å². The Balaban J connectivity index is 2.61. The summed E-state index contributed by atoms with van der Waals surface area (Å²) in [6, 6.07) is 5.05. The molecule has 2 nitrogen and oxygen atoms in total. The minimum Gasteiger partial charge on any atom is -0.385 e. The number of benzene rings is 1. The summed E-state index contributed by atoms with van der Waals surface area (Å²) in [6.07, 6.45) is -5.26. The average molecular weight is 232 g/mol. The summed E-state index contributed by atoms with van der Waals surface area (Å²) >= 11 is 0. The van der Waals surface area contributed by atoms with Crippen LogP contribution >= 0.6 is 0 Å². The normalized spacial score (nSPS) is 10.9. The Morgan fingerprint density at radius 1 is 1.25 bits per heavy atom. The number of hydrogen-bond donors (Lipinski definition) is 1. The van der Waals surface area contributed by atoms with Crippen molar-refractivity contribution in [2.45, 2.75) is 12.6 Å². The Hall–Kier alpha value is -1.77. The molecule has 0 saturated heterocycles. The van der Waals surface area contributed by atoms with Gasteiger partial charge in [0, 0.05) is 12.2 Å². The first-order valence-electron chi connectivity index (χ1n) is 4.42. The minimum atomic E-state index is -4.25. The summed E-state index contributed by atoms with van der Waals surface area (Å²) in [6.45, 7) is -0.349. The molecule has 1 N–H and O–H groups in total. The van der Waals surface area contributed by atoms with Crippen LogP contribution in [0.2, 0.25) is 0 Å². The third-order valence-electron chi connectivity index (χ3n) is 1.76. The van der Waals surface area contributed by atoms with E-state index in [1.165, 1.54) is 6.07 Å². The van der Waals surface area contributed by atoms with E-state index in [0.29, 0.717) is 0 Å². The van der Waals surface area contributed by atoms with Crippen molar-refractivity contribution in [2.75, 3.05) is 11.9 Å². The highest BCUT2D eigenvalue weighted by atomic mass is 19.4. The molecular weight excluding hydrogens is 224 g/mol. The Kier molecular flexibility index (Phi) is 3.72. The van der Waals surface area contributed by atoms with Gasteiger partial charge in [0.05, 0.1) is 18.1 Å². The van der Waals surface area contributed by atoms with Crippen molar-refractivity contribution in [3.8, 4) is 6.07 Å². The molecule has 0 bridgehead atoms. The number of rotatable bonds is 3. The molecule has 0 spiro atoms. The number of hydrogen-bond acceptors (Lipinski definition) is 2. The van der Waals surface area contributed by atoms with Crippen LogP contribution in [0.3, 0.4) is 0 Å². The van der Waals surface area contributed by atoms with Gasteiger partial charge in [0.2, 0.25) is 0 Å². The predicted molar refractivity (Wildman–Crippen MR) is 50.3 cm³/mol. The lowest BCUT2D eigenvalue weighted by atomic mass is 10.2. The molecule has 0 amide bonds. The largest absolute Gasteiger partial charge is 0.390 e. The quantitative estimate of drug-likeness (QED) is 0.813. The number of nitriles is 1. The van der Waals surface area contributed by atoms with E-state index in [1.807, 2.05) is 0 Å². The van der Waals surface area contributed by atoms with Gasteiger partial charge in [0.1, 0.15) is 5.82 Å². The van der Waals surface area contributed by atoms with E-state index in [4.69, 9.17) is 5.26 Å². The zero-order chi connectivity index (χ0) is 12.2. The van der Waals surface area contributed by atoms with Crippen molar-refractivity contribution in [2.24, 2.45) is 0 Å². The smallest absolute Gasteiger partial charge is 0.385 e. The third kappa shape index (κ3) is 4.17. The summed E-state index contributed by atoms with van der Waals surface area (Å²) in [4.78, 5) is 0. The molecule has 6 heteroatoms. The van der Waals surface area contributed by atoms with Gasteiger partial charge in [-0.15, -0.1) is 0 Å². The molecule has 0 heterocycles. The SMILES string of the molecule is N#Cc1cc(F)cc(NCCC(F)(F)F)c1. The molecule has 0 atom stereocenters. The highest BCUT2D eigenvalue weighted by molar-refractivity contribution is 5.49. The lowest BCUT2D eigenvalue weighted by Crippen LogP contribution is -2.14. The zero-order valence-electron chi connectivity index (χ0n) is 8.11. The maximum atomic E-state index is 12.9. The predicted octanol–water partition coefficient (Wildman–Crippen LogP) is 3.06. The van der Waals surface area contributed by atoms with Crippen molar-refractivity contribution >= 4 is 5.69 Å². The molecule has 0 aliphatic heterocycles. The second kappa shape index (κ2) is 4.84. The number of alkyl halides is 3. The molecule has 1 aromatic rings. The molecule has 0 radical (unpaired) electrons. The molecule has 0 fully saturated rings. The fraction of sp³-hybridized carbons (Fsp3) is 0.300. The summed E-state index contributed by atoms with van der Waals surface area (Å²) in [5.74, 6) is -0.659. The fourth-order valence-electron chi connectivity index (χ4n) is 1.10. The van der Waals surface area contributed by atoms with Gasteiger partial charge >= 0.3 is 6.18 Å². The van der Waals surface area contributed by atoms with Gasteiger partial charge in [-0.1, -0.05) is 0 Å². The van der Waals surface area contributed by atoms with E-state index in [-0.39, 0.29) is 17.8 Å². The van der Waals surface area contributed by atoms with Gasteiger partial charge in [-0.05, 0) is 18.2 Å². The van der Waals surface area contributed by atoms with Crippen LogP contribution in [0.1, 0.15) is 12.0 Å². The number of anilines is 1. The van der Waals surface area contributed by atoms with Crippen LogP contribution in [0.4, 0.5) is 23.2 Å². The first-order chi connectivity index (χ1) is 7.40. The van der Waals surface area contributed by atoms with Crippen molar-refractivity contribution in [1.82, 2.24) is 0 Å². The molecule has 0 aliphatic rings. The van der Waals surface area contributed by atoms with E-state index in [1.54, 1.807) is 6.07 Å². The van der Waals surface area contributed by atoms with Crippen LogP contribution < -0.4 is 5.32 Å². The van der Waals surface area contributed by atoms with Crippen molar-refractivity contribution in [3.05, 3.63) is 29.6 Å². The first kappa shape index (κ1) is 12.3. The molecule has 0 aliphatic carbocycles. The molecular formula is C10H8F4N2. The van der Waals surface area contributed by atoms with Crippen molar-refractivity contribution < 1.29 is 17.6 Å². The topological polar surface area (TPSA) is 35.8 Å². The van der Waals surface area contributed by atoms with Crippen LogP contribution in [0.25, 0.3) is 0 Å². The molecule has 1 aromatic carbocycles. The highest BCUT2D eigenvalue weighted by Gasteiger charge is 2.26. The standard InChI is InChI=1S/C10H8F4N2/c11-8-3-7(6-15)4-9(5-8)16-2-1-10(12,13)14/h3-5,16H,1-2H2. The lowest BCUT2D eigenvalue weighted by molar-refractivity contribution is -0.131. The second-order valence-electron chi connectivity index (χ2n) is 3.13. The van der Waals surface area contributed by atoms with E-state index >= 15 is 0 Å². The molecule has 0 unspecified atom stereocenters. The van der Waals surface area contributed by atoms with Crippen LogP contribution in [0.15, 0.2) is 18.2 Å². The number of nitrogens with one attached hydrogen (secondary N) is 1. The Morgan fingerprint density at radius 2 is 1.94 bits per heavy atom. The summed E-state index contributed by atoms with van der Waals surface area (Å²) in [5, 5.41) is 10.9. The number of nitrogens with zero attached hydrogens (tertiary/aromatic N) is 1. The molecule has 16 heavy (non-hydrogen) atoms. The Bertz CT molecular complexity index is 406. The van der Waals surface area contributed by atoms with Gasteiger partial charge in [-0.3, -0.25) is 0 Å². The summed E-state index contributed by atoms with van der Waals surface area (Å²) < 4.78 is 48.3. The maximum absolute atomic E-state index is 12.9. The highest BCUT2D eigenvalue weighted by Crippen LogP contribution is 2.20. The molecule has 0 saturated carbocycles. The van der Waals surface area contributed by atoms with Crippen LogP contribution in [0.5, 0.6) is 0 Å². The molecule has 0 aromatic heterocycles. The Morgan fingerprint density at radius 3 is 2.50 bits per heavy atom. The first-order valence-corrected chi connectivity index (χ1v) is 4.42. The van der Waals surface area contributed by atoms with E-state index in [0.717, 1.165) is 12.1 Å². The van der Waals surface area contributed by atoms with Gasteiger partial charge in [-0.2, -0.15) is 18.4 Å². The molecule has 1 rings (SSSR count). The van der Waals surface area contributed by atoms with E-state index < -0.39 is 18.4 Å². The van der Waals surface area contributed by atoms with Crippen molar-refractivity contribution in [3.63, 3.8) is 0 Å². The summed E-state index contributed by atoms with van der Waals surface area (Å²) in [7, 11) is 0. The average Bonchev–Trinajstić information content (AvgIpc) is 2.14. The van der Waals surface area contributed by atoms with E-state index in [9.17, 15) is 17.6 Å². The van der Waals surface area contributed by atoms with Gasteiger partial charge in [-0.25, -0.2) is 4.39 Å². The van der Waals surface area contributed by atoms with Gasteiger partial charge < -0.3 is 5.32 Å². The van der Waals surface area contributed by atoms with Crippen molar-refractivity contribution in [1.29, 1.82) is 5.26 Å². The monoisotopic (exact) mass is 232 g/mol. The second-order valence-corrected chi connectivity index (χ2v) is 3.13. The van der Waals surface area contributed by atoms with Gasteiger partial charge in [0.25, 0.3) is 0 Å². The maximum Gasteiger partial charge on any atom is 0.390 e.